The van der Waals surface area contributed by atoms with Gasteiger partial charge in [0.25, 0.3) is 5.91 Å². The summed E-state index contributed by atoms with van der Waals surface area (Å²) >= 11 is 7.67. The average molecular weight is 553 g/mol. The van der Waals surface area contributed by atoms with Crippen molar-refractivity contribution in [3.05, 3.63) is 108 Å². The second kappa shape index (κ2) is 11.4. The van der Waals surface area contributed by atoms with E-state index in [2.05, 4.69) is 18.1 Å². The van der Waals surface area contributed by atoms with Crippen molar-refractivity contribution in [3.63, 3.8) is 0 Å². The number of carbonyl (C=O) groups is 1. The number of carbonyl (C=O) groups excluding carboxylic acids is 1. The lowest BCUT2D eigenvalue weighted by Gasteiger charge is -2.21. The number of aromatic nitrogens is 2. The van der Waals surface area contributed by atoms with Gasteiger partial charge in [-0.3, -0.25) is 14.7 Å². The first-order chi connectivity index (χ1) is 17.8. The first kappa shape index (κ1) is 26.7. The lowest BCUT2D eigenvalue weighted by atomic mass is 10.2. The molecule has 0 aliphatic heterocycles. The van der Waals surface area contributed by atoms with E-state index in [1.54, 1.807) is 17.2 Å². The van der Waals surface area contributed by atoms with Gasteiger partial charge >= 0.3 is 0 Å². The fraction of sp³-hybridized carbons (Fsp3) is 0.148. The summed E-state index contributed by atoms with van der Waals surface area (Å²) in [5.74, 6) is -0.327. The maximum atomic E-state index is 13.7. The third kappa shape index (κ3) is 5.65. The van der Waals surface area contributed by atoms with E-state index in [1.807, 2.05) is 31.2 Å². The maximum absolute atomic E-state index is 13.7. The molecule has 190 valence electrons. The molecule has 0 bridgehead atoms. The fourth-order valence-corrected chi connectivity index (χ4v) is 6.27. The highest BCUT2D eigenvalue weighted by Crippen LogP contribution is 2.34. The van der Waals surface area contributed by atoms with Gasteiger partial charge in [-0.15, -0.1) is 13.2 Å². The molecule has 0 saturated heterocycles. The van der Waals surface area contributed by atoms with Crippen molar-refractivity contribution in [2.24, 2.45) is 0 Å². The number of sulfonamides is 1. The van der Waals surface area contributed by atoms with Crippen LogP contribution in [0.25, 0.3) is 10.2 Å². The Bertz CT molecular complexity index is 1540. The van der Waals surface area contributed by atoms with Crippen LogP contribution in [0.4, 0.5) is 5.13 Å². The summed E-state index contributed by atoms with van der Waals surface area (Å²) in [5, 5.41) is 1.10. The molecule has 0 saturated carbocycles. The van der Waals surface area contributed by atoms with E-state index in [0.29, 0.717) is 21.4 Å². The number of pyridine rings is 1. The molecule has 2 aromatic carbocycles. The molecular weight excluding hydrogens is 528 g/mol. The number of hydrogen-bond acceptors (Lipinski definition) is 6. The van der Waals surface area contributed by atoms with Crippen molar-refractivity contribution in [2.45, 2.75) is 18.4 Å². The maximum Gasteiger partial charge on any atom is 0.260 e. The SMILES string of the molecule is C=CCN(CC=C)S(=O)(=O)c1ccc(C(=O)N(Cc2ccccn2)c2nc3c(C)c(Cl)ccc3s2)cc1. The first-order valence-electron chi connectivity index (χ1n) is 11.4. The normalized spacial score (nSPS) is 11.5. The Morgan fingerprint density at radius 2 is 1.76 bits per heavy atom. The summed E-state index contributed by atoms with van der Waals surface area (Å²) in [6, 6.07) is 15.1. The molecule has 4 aromatic rings. The van der Waals surface area contributed by atoms with Crippen LogP contribution in [0, 0.1) is 6.92 Å². The number of rotatable bonds is 10. The summed E-state index contributed by atoms with van der Waals surface area (Å²) in [6.07, 6.45) is 4.70. The van der Waals surface area contributed by atoms with Gasteiger partial charge in [-0.2, -0.15) is 4.31 Å². The quantitative estimate of drug-likeness (QED) is 0.230. The van der Waals surface area contributed by atoms with Gasteiger partial charge in [-0.1, -0.05) is 41.2 Å². The topological polar surface area (TPSA) is 83.5 Å². The molecule has 0 aliphatic rings. The van der Waals surface area contributed by atoms with Gasteiger partial charge in [0.1, 0.15) is 0 Å². The van der Waals surface area contributed by atoms with Crippen LogP contribution in [0.15, 0.2) is 91.0 Å². The van der Waals surface area contributed by atoms with Gasteiger partial charge in [0.2, 0.25) is 10.0 Å². The van der Waals surface area contributed by atoms with E-state index in [9.17, 15) is 13.2 Å². The number of anilines is 1. The van der Waals surface area contributed by atoms with E-state index in [-0.39, 0.29) is 30.4 Å². The molecule has 0 fully saturated rings. The van der Waals surface area contributed by atoms with Gasteiger partial charge < -0.3 is 0 Å². The summed E-state index contributed by atoms with van der Waals surface area (Å²) in [5.41, 5.74) is 2.58. The van der Waals surface area contributed by atoms with Gasteiger partial charge in [-0.05, 0) is 61.0 Å². The second-order valence-corrected chi connectivity index (χ2v) is 11.5. The number of thiazole rings is 1. The zero-order chi connectivity index (χ0) is 26.6. The molecule has 37 heavy (non-hydrogen) atoms. The molecule has 10 heteroatoms. The molecule has 2 aromatic heterocycles. The Kier molecular flexibility index (Phi) is 8.19. The summed E-state index contributed by atoms with van der Waals surface area (Å²) in [7, 11) is -3.78. The van der Waals surface area contributed by atoms with Crippen LogP contribution < -0.4 is 4.90 Å². The van der Waals surface area contributed by atoms with E-state index in [0.717, 1.165) is 15.8 Å². The molecule has 0 atom stereocenters. The molecule has 2 heterocycles. The van der Waals surface area contributed by atoms with E-state index in [4.69, 9.17) is 16.6 Å². The smallest absolute Gasteiger partial charge is 0.260 e. The Morgan fingerprint density at radius 1 is 1.05 bits per heavy atom. The Balaban J connectivity index is 1.71. The van der Waals surface area contributed by atoms with Gasteiger partial charge in [0.05, 0.1) is 27.4 Å². The highest BCUT2D eigenvalue weighted by atomic mass is 35.5. The molecule has 4 rings (SSSR count). The molecular formula is C27H25ClN4O3S2. The van der Waals surface area contributed by atoms with Crippen molar-refractivity contribution in [2.75, 3.05) is 18.0 Å². The van der Waals surface area contributed by atoms with Crippen molar-refractivity contribution >= 4 is 54.2 Å². The molecule has 0 aliphatic carbocycles. The van der Waals surface area contributed by atoms with Crippen molar-refractivity contribution in [3.8, 4) is 0 Å². The molecule has 7 nitrogen and oxygen atoms in total. The van der Waals surface area contributed by atoms with Crippen LogP contribution in [-0.2, 0) is 16.6 Å². The van der Waals surface area contributed by atoms with Gasteiger partial charge in [-0.25, -0.2) is 13.4 Å². The highest BCUT2D eigenvalue weighted by Gasteiger charge is 2.26. The lowest BCUT2D eigenvalue weighted by molar-refractivity contribution is 0.0984. The largest absolute Gasteiger partial charge is 0.278 e. The number of hydrogen-bond donors (Lipinski definition) is 0. The van der Waals surface area contributed by atoms with Crippen LogP contribution in [0.3, 0.4) is 0 Å². The fourth-order valence-electron chi connectivity index (χ4n) is 3.72. The number of benzene rings is 2. The number of nitrogens with zero attached hydrogens (tertiary/aromatic N) is 4. The Morgan fingerprint density at radius 3 is 2.38 bits per heavy atom. The first-order valence-corrected chi connectivity index (χ1v) is 14.0. The molecule has 1 amide bonds. The third-order valence-corrected chi connectivity index (χ3v) is 8.96. The zero-order valence-electron chi connectivity index (χ0n) is 20.2. The molecule has 0 spiro atoms. The standard InChI is InChI=1S/C27H25ClN4O3S2/c1-4-16-31(17-5-2)37(34,35)22-11-9-20(10-12-22)26(33)32(18-21-8-6-7-15-29-21)27-30-25-19(3)23(28)13-14-24(25)36-27/h4-15H,1-2,16-18H2,3H3. The van der Waals surface area contributed by atoms with Crippen molar-refractivity contribution < 1.29 is 13.2 Å². The number of halogens is 1. The number of aryl methyl sites for hydroxylation is 1. The van der Waals surface area contributed by atoms with Crippen LogP contribution >= 0.6 is 22.9 Å². The summed E-state index contributed by atoms with van der Waals surface area (Å²) in [4.78, 5) is 24.5. The van der Waals surface area contributed by atoms with Gasteiger partial charge in [0.15, 0.2) is 5.13 Å². The van der Waals surface area contributed by atoms with E-state index < -0.39 is 10.0 Å². The van der Waals surface area contributed by atoms with Crippen LogP contribution in [0.5, 0.6) is 0 Å². The molecule has 0 unspecified atom stereocenters. The monoisotopic (exact) mass is 552 g/mol. The summed E-state index contributed by atoms with van der Waals surface area (Å²) in [6.45, 7) is 9.63. The predicted octanol–water partition coefficient (Wildman–Crippen LogP) is 5.86. The van der Waals surface area contributed by atoms with E-state index in [1.165, 1.54) is 52.1 Å². The second-order valence-electron chi connectivity index (χ2n) is 8.15. The zero-order valence-corrected chi connectivity index (χ0v) is 22.6. The van der Waals surface area contributed by atoms with Crippen LogP contribution in [-0.4, -0.2) is 41.7 Å². The molecule has 0 N–H and O–H groups in total. The summed E-state index contributed by atoms with van der Waals surface area (Å²) < 4.78 is 28.3. The lowest BCUT2D eigenvalue weighted by Crippen LogP contribution is -2.32. The minimum absolute atomic E-state index is 0.0780. The number of fused-ring (bicyclic) bond motifs is 1. The predicted molar refractivity (Wildman–Crippen MR) is 150 cm³/mol. The molecule has 0 radical (unpaired) electrons. The van der Waals surface area contributed by atoms with E-state index >= 15 is 0 Å². The Labute approximate surface area is 225 Å². The van der Waals surface area contributed by atoms with Gasteiger partial charge in [0, 0.05) is 29.9 Å². The van der Waals surface area contributed by atoms with Crippen LogP contribution in [0.2, 0.25) is 5.02 Å². The Hall–Kier alpha value is -3.37. The average Bonchev–Trinajstić information content (AvgIpc) is 3.34. The van der Waals surface area contributed by atoms with Crippen LogP contribution in [0.1, 0.15) is 21.6 Å². The third-order valence-electron chi connectivity index (χ3n) is 5.66. The highest BCUT2D eigenvalue weighted by molar-refractivity contribution is 7.89. The van der Waals surface area contributed by atoms with Crippen molar-refractivity contribution in [1.82, 2.24) is 14.3 Å². The minimum atomic E-state index is -3.78. The van der Waals surface area contributed by atoms with Crippen molar-refractivity contribution in [1.29, 1.82) is 0 Å². The number of amides is 1. The minimum Gasteiger partial charge on any atom is -0.278 e.